The summed E-state index contributed by atoms with van der Waals surface area (Å²) in [4.78, 5) is 10.4. The molecule has 0 saturated carbocycles. The second-order valence-corrected chi connectivity index (χ2v) is 5.16. The molecule has 4 nitrogen and oxygen atoms in total. The molecule has 0 aliphatic heterocycles. The second kappa shape index (κ2) is 6.33. The van der Waals surface area contributed by atoms with Crippen molar-refractivity contribution in [2.24, 2.45) is 0 Å². The molecule has 106 valence electrons. The Morgan fingerprint density at radius 2 is 1.52 bits per heavy atom. The van der Waals surface area contributed by atoms with Gasteiger partial charge in [0.1, 0.15) is 0 Å². The van der Waals surface area contributed by atoms with Gasteiger partial charge in [-0.05, 0) is 42.4 Å². The van der Waals surface area contributed by atoms with Crippen LogP contribution >= 0.6 is 0 Å². The monoisotopic (exact) mass is 278 g/mol. The van der Waals surface area contributed by atoms with Gasteiger partial charge in [-0.15, -0.1) is 0 Å². The van der Waals surface area contributed by atoms with Crippen LogP contribution in [-0.2, 0) is 13.1 Å². The predicted molar refractivity (Wildman–Crippen MR) is 83.0 cm³/mol. The molecule has 0 spiro atoms. The Balaban J connectivity index is 1.62. The third kappa shape index (κ3) is 3.55. The van der Waals surface area contributed by atoms with Crippen LogP contribution < -0.4 is 0 Å². The van der Waals surface area contributed by atoms with Crippen molar-refractivity contribution in [2.75, 3.05) is 7.05 Å². The van der Waals surface area contributed by atoms with Gasteiger partial charge in [0.2, 0.25) is 0 Å². The van der Waals surface area contributed by atoms with Crippen molar-refractivity contribution in [3.8, 4) is 5.69 Å². The third-order valence-electron chi connectivity index (χ3n) is 3.39. The van der Waals surface area contributed by atoms with Crippen LogP contribution in [0.15, 0.2) is 67.5 Å². The Labute approximate surface area is 124 Å². The SMILES string of the molecule is CN(Cc1ccncc1)Cc1ccc(-n2ccnc2)cc1. The van der Waals surface area contributed by atoms with Gasteiger partial charge in [-0.1, -0.05) is 12.1 Å². The molecule has 1 aromatic carbocycles. The zero-order valence-corrected chi connectivity index (χ0v) is 12.1. The molecule has 0 atom stereocenters. The Bertz CT molecular complexity index is 660. The fourth-order valence-electron chi connectivity index (χ4n) is 2.35. The molecule has 3 rings (SSSR count). The Hall–Kier alpha value is -2.46. The lowest BCUT2D eigenvalue weighted by molar-refractivity contribution is 0.319. The van der Waals surface area contributed by atoms with Crippen molar-refractivity contribution in [1.29, 1.82) is 0 Å². The second-order valence-electron chi connectivity index (χ2n) is 5.16. The number of imidazole rings is 1. The molecule has 2 heterocycles. The summed E-state index contributed by atoms with van der Waals surface area (Å²) in [6, 6.07) is 12.7. The van der Waals surface area contributed by atoms with Crippen LogP contribution in [0.5, 0.6) is 0 Å². The number of benzene rings is 1. The molecule has 0 radical (unpaired) electrons. The van der Waals surface area contributed by atoms with Gasteiger partial charge >= 0.3 is 0 Å². The van der Waals surface area contributed by atoms with Crippen LogP contribution in [-0.4, -0.2) is 26.5 Å². The van der Waals surface area contributed by atoms with E-state index in [0.717, 1.165) is 18.8 Å². The number of hydrogen-bond donors (Lipinski definition) is 0. The number of rotatable bonds is 5. The molecule has 2 aromatic heterocycles. The Morgan fingerprint density at radius 1 is 0.857 bits per heavy atom. The number of aromatic nitrogens is 3. The van der Waals surface area contributed by atoms with Crippen molar-refractivity contribution in [3.05, 3.63) is 78.6 Å². The summed E-state index contributed by atoms with van der Waals surface area (Å²) in [5.74, 6) is 0. The molecule has 0 unspecified atom stereocenters. The lowest BCUT2D eigenvalue weighted by Gasteiger charge is -2.17. The summed E-state index contributed by atoms with van der Waals surface area (Å²) >= 11 is 0. The summed E-state index contributed by atoms with van der Waals surface area (Å²) < 4.78 is 2.00. The topological polar surface area (TPSA) is 34.0 Å². The van der Waals surface area contributed by atoms with Crippen LogP contribution in [0.3, 0.4) is 0 Å². The molecule has 3 aromatic rings. The molecular weight excluding hydrogens is 260 g/mol. The van der Waals surface area contributed by atoms with Crippen LogP contribution in [0.25, 0.3) is 5.69 Å². The largest absolute Gasteiger partial charge is 0.306 e. The quantitative estimate of drug-likeness (QED) is 0.719. The predicted octanol–water partition coefficient (Wildman–Crippen LogP) is 2.90. The average Bonchev–Trinajstić information content (AvgIpc) is 3.03. The lowest BCUT2D eigenvalue weighted by atomic mass is 10.2. The van der Waals surface area contributed by atoms with E-state index in [1.165, 1.54) is 11.1 Å². The van der Waals surface area contributed by atoms with Gasteiger partial charge in [-0.2, -0.15) is 0 Å². The van der Waals surface area contributed by atoms with Crippen molar-refractivity contribution in [3.63, 3.8) is 0 Å². The Kier molecular flexibility index (Phi) is 4.07. The van der Waals surface area contributed by atoms with E-state index in [2.05, 4.69) is 58.3 Å². The normalized spacial score (nSPS) is 11.0. The van der Waals surface area contributed by atoms with Crippen LogP contribution in [0.2, 0.25) is 0 Å². The van der Waals surface area contributed by atoms with Gasteiger partial charge in [-0.3, -0.25) is 9.88 Å². The molecule has 0 fully saturated rings. The molecule has 4 heteroatoms. The number of hydrogen-bond acceptors (Lipinski definition) is 3. The highest BCUT2D eigenvalue weighted by molar-refractivity contribution is 5.34. The smallest absolute Gasteiger partial charge is 0.0991 e. The summed E-state index contributed by atoms with van der Waals surface area (Å²) in [5, 5.41) is 0. The first-order valence-electron chi connectivity index (χ1n) is 6.96. The standard InChI is InChI=1S/C17H18N4/c1-20(13-16-6-8-18-9-7-16)12-15-2-4-17(5-3-15)21-11-10-19-14-21/h2-11,14H,12-13H2,1H3. The zero-order valence-electron chi connectivity index (χ0n) is 12.1. The van der Waals surface area contributed by atoms with E-state index in [1.54, 1.807) is 6.20 Å². The highest BCUT2D eigenvalue weighted by atomic mass is 15.1. The first-order chi connectivity index (χ1) is 10.3. The minimum atomic E-state index is 0.922. The fraction of sp³-hybridized carbons (Fsp3) is 0.176. The average molecular weight is 278 g/mol. The molecule has 0 amide bonds. The van der Waals surface area contributed by atoms with E-state index in [0.29, 0.717) is 0 Å². The van der Waals surface area contributed by atoms with Gasteiger partial charge in [0, 0.05) is 43.6 Å². The maximum atomic E-state index is 4.07. The molecular formula is C17H18N4. The van der Waals surface area contributed by atoms with E-state index in [4.69, 9.17) is 0 Å². The maximum absolute atomic E-state index is 4.07. The van der Waals surface area contributed by atoms with E-state index >= 15 is 0 Å². The van der Waals surface area contributed by atoms with Gasteiger partial charge in [0.15, 0.2) is 0 Å². The first kappa shape index (κ1) is 13.5. The van der Waals surface area contributed by atoms with E-state index in [1.807, 2.05) is 29.5 Å². The molecule has 0 aliphatic carbocycles. The fourth-order valence-corrected chi connectivity index (χ4v) is 2.35. The van der Waals surface area contributed by atoms with Crippen molar-refractivity contribution < 1.29 is 0 Å². The third-order valence-corrected chi connectivity index (χ3v) is 3.39. The summed E-state index contributed by atoms with van der Waals surface area (Å²) in [5.41, 5.74) is 3.71. The van der Waals surface area contributed by atoms with E-state index < -0.39 is 0 Å². The maximum Gasteiger partial charge on any atom is 0.0991 e. The van der Waals surface area contributed by atoms with Gasteiger partial charge in [-0.25, -0.2) is 4.98 Å². The van der Waals surface area contributed by atoms with Crippen LogP contribution in [0.1, 0.15) is 11.1 Å². The van der Waals surface area contributed by atoms with Crippen molar-refractivity contribution in [1.82, 2.24) is 19.4 Å². The highest BCUT2D eigenvalue weighted by Gasteiger charge is 2.02. The summed E-state index contributed by atoms with van der Waals surface area (Å²) in [6.45, 7) is 1.85. The first-order valence-corrected chi connectivity index (χ1v) is 6.96. The molecule has 21 heavy (non-hydrogen) atoms. The minimum Gasteiger partial charge on any atom is -0.306 e. The highest BCUT2D eigenvalue weighted by Crippen LogP contribution is 2.12. The van der Waals surface area contributed by atoms with Gasteiger partial charge in [0.25, 0.3) is 0 Å². The molecule has 0 aliphatic rings. The Morgan fingerprint density at radius 3 is 2.14 bits per heavy atom. The number of nitrogens with zero attached hydrogens (tertiary/aromatic N) is 4. The van der Waals surface area contributed by atoms with Gasteiger partial charge in [0.05, 0.1) is 6.33 Å². The van der Waals surface area contributed by atoms with E-state index in [9.17, 15) is 0 Å². The van der Waals surface area contributed by atoms with Gasteiger partial charge < -0.3 is 4.57 Å². The zero-order chi connectivity index (χ0) is 14.5. The van der Waals surface area contributed by atoms with Crippen LogP contribution in [0, 0.1) is 0 Å². The molecule has 0 saturated heterocycles. The van der Waals surface area contributed by atoms with Crippen LogP contribution in [0.4, 0.5) is 0 Å². The summed E-state index contributed by atoms with van der Waals surface area (Å²) in [7, 11) is 2.13. The van der Waals surface area contributed by atoms with E-state index in [-0.39, 0.29) is 0 Å². The van der Waals surface area contributed by atoms with Crippen molar-refractivity contribution in [2.45, 2.75) is 13.1 Å². The molecule has 0 bridgehead atoms. The number of pyridine rings is 1. The van der Waals surface area contributed by atoms with Crippen molar-refractivity contribution >= 4 is 0 Å². The lowest BCUT2D eigenvalue weighted by Crippen LogP contribution is -2.17. The molecule has 0 N–H and O–H groups in total. The summed E-state index contributed by atoms with van der Waals surface area (Å²) in [6.07, 6.45) is 9.22. The minimum absolute atomic E-state index is 0.922.